The average molecular weight is 400 g/mol. The van der Waals surface area contributed by atoms with Crippen LogP contribution in [0.15, 0.2) is 18.2 Å². The highest BCUT2D eigenvalue weighted by Gasteiger charge is 2.39. The first-order chi connectivity index (χ1) is 14.0. The Labute approximate surface area is 170 Å². The van der Waals surface area contributed by atoms with Crippen LogP contribution in [0.25, 0.3) is 0 Å². The molecule has 3 aliphatic rings. The predicted molar refractivity (Wildman–Crippen MR) is 106 cm³/mol. The summed E-state index contributed by atoms with van der Waals surface area (Å²) >= 11 is 0. The number of carbonyl (C=O) groups is 3. The van der Waals surface area contributed by atoms with Crippen molar-refractivity contribution >= 4 is 17.7 Å². The number of nitrogens with one attached hydrogen (secondary N) is 2. The molecule has 1 aromatic carbocycles. The quantitative estimate of drug-likeness (QED) is 0.592. The summed E-state index contributed by atoms with van der Waals surface area (Å²) in [5.41, 5.74) is 8.77. The summed E-state index contributed by atoms with van der Waals surface area (Å²) in [5, 5.41) is 5.87. The molecule has 4 N–H and O–H groups in total. The van der Waals surface area contributed by atoms with E-state index in [-0.39, 0.29) is 29.6 Å². The summed E-state index contributed by atoms with van der Waals surface area (Å²) in [6.07, 6.45) is 2.53. The Balaban J connectivity index is 1.44. The SMILES string of the molecule is NCC1(CNCc2cccc3c2CN(C2CCC(=O)NC2=O)C3=O)CCOCC1. The molecular formula is C21H28N4O4. The minimum absolute atomic E-state index is 0.0603. The third-order valence-corrected chi connectivity index (χ3v) is 6.48. The third-order valence-electron chi connectivity index (χ3n) is 6.48. The second kappa shape index (κ2) is 8.22. The van der Waals surface area contributed by atoms with Crippen LogP contribution in [-0.4, -0.2) is 55.0 Å². The van der Waals surface area contributed by atoms with Gasteiger partial charge in [0.05, 0.1) is 0 Å². The van der Waals surface area contributed by atoms with Crippen LogP contribution in [0, 0.1) is 5.41 Å². The minimum Gasteiger partial charge on any atom is -0.381 e. The summed E-state index contributed by atoms with van der Waals surface area (Å²) in [6, 6.07) is 5.13. The fourth-order valence-corrected chi connectivity index (χ4v) is 4.54. The summed E-state index contributed by atoms with van der Waals surface area (Å²) in [5.74, 6) is -0.798. The van der Waals surface area contributed by atoms with Crippen molar-refractivity contribution < 1.29 is 19.1 Å². The third kappa shape index (κ3) is 3.92. The van der Waals surface area contributed by atoms with Crippen LogP contribution in [0.2, 0.25) is 0 Å². The standard InChI is InChI=1S/C21H28N4O4/c22-12-21(6-8-29-9-7-21)13-23-10-14-2-1-3-15-16(14)11-25(20(15)28)17-4-5-18(26)24-19(17)27/h1-3,17,23H,4-13,22H2,(H,24,26,27). The number of amides is 3. The lowest BCUT2D eigenvalue weighted by Gasteiger charge is -2.36. The normalized spacial score (nSPS) is 23.8. The van der Waals surface area contributed by atoms with Crippen LogP contribution < -0.4 is 16.4 Å². The first-order valence-corrected chi connectivity index (χ1v) is 10.3. The van der Waals surface area contributed by atoms with Gasteiger partial charge in [-0.15, -0.1) is 0 Å². The smallest absolute Gasteiger partial charge is 0.255 e. The van der Waals surface area contributed by atoms with E-state index in [1.54, 1.807) is 4.90 Å². The molecule has 2 saturated heterocycles. The average Bonchev–Trinajstić information content (AvgIpc) is 3.06. The summed E-state index contributed by atoms with van der Waals surface area (Å²) in [4.78, 5) is 38.2. The number of hydrogen-bond acceptors (Lipinski definition) is 6. The molecule has 8 heteroatoms. The Hall–Kier alpha value is -2.29. The number of imide groups is 1. The maximum atomic E-state index is 12.9. The van der Waals surface area contributed by atoms with E-state index in [9.17, 15) is 14.4 Å². The lowest BCUT2D eigenvalue weighted by molar-refractivity contribution is -0.136. The topological polar surface area (TPSA) is 114 Å². The molecule has 156 valence electrons. The van der Waals surface area contributed by atoms with Crippen LogP contribution in [-0.2, 0) is 27.4 Å². The predicted octanol–water partition coefficient (Wildman–Crippen LogP) is 0.293. The van der Waals surface area contributed by atoms with Crippen molar-refractivity contribution in [1.82, 2.24) is 15.5 Å². The van der Waals surface area contributed by atoms with Crippen LogP contribution in [0.4, 0.5) is 0 Å². The number of nitrogens with two attached hydrogens (primary N) is 1. The fourth-order valence-electron chi connectivity index (χ4n) is 4.54. The van der Waals surface area contributed by atoms with Gasteiger partial charge in [-0.2, -0.15) is 0 Å². The zero-order valence-electron chi connectivity index (χ0n) is 16.5. The van der Waals surface area contributed by atoms with E-state index >= 15 is 0 Å². The number of ether oxygens (including phenoxy) is 1. The van der Waals surface area contributed by atoms with Crippen molar-refractivity contribution in [2.24, 2.45) is 11.1 Å². The van der Waals surface area contributed by atoms with Gasteiger partial charge in [0, 0.05) is 44.8 Å². The van der Waals surface area contributed by atoms with Gasteiger partial charge in [-0.05, 0) is 48.4 Å². The fraction of sp³-hybridized carbons (Fsp3) is 0.571. The molecule has 0 radical (unpaired) electrons. The zero-order valence-corrected chi connectivity index (χ0v) is 16.5. The van der Waals surface area contributed by atoms with Crippen molar-refractivity contribution in [1.29, 1.82) is 0 Å². The van der Waals surface area contributed by atoms with Gasteiger partial charge in [-0.3, -0.25) is 19.7 Å². The number of hydrogen-bond donors (Lipinski definition) is 3. The highest BCUT2D eigenvalue weighted by Crippen LogP contribution is 2.31. The van der Waals surface area contributed by atoms with E-state index < -0.39 is 6.04 Å². The maximum Gasteiger partial charge on any atom is 0.255 e. The minimum atomic E-state index is -0.587. The maximum absolute atomic E-state index is 12.9. The number of nitrogens with zero attached hydrogens (tertiary/aromatic N) is 1. The number of benzene rings is 1. The molecule has 3 aliphatic heterocycles. The first kappa shape index (κ1) is 20.0. The summed E-state index contributed by atoms with van der Waals surface area (Å²) in [6.45, 7) is 3.96. The van der Waals surface area contributed by atoms with E-state index in [1.807, 2.05) is 18.2 Å². The Morgan fingerprint density at radius 2 is 2.03 bits per heavy atom. The van der Waals surface area contributed by atoms with Gasteiger partial charge in [0.25, 0.3) is 5.91 Å². The molecule has 0 aromatic heterocycles. The Bertz CT molecular complexity index is 819. The highest BCUT2D eigenvalue weighted by atomic mass is 16.5. The molecule has 1 unspecified atom stereocenters. The molecule has 3 amide bonds. The Kier molecular flexibility index (Phi) is 5.67. The number of carbonyl (C=O) groups excluding carboxylic acids is 3. The Morgan fingerprint density at radius 3 is 2.76 bits per heavy atom. The first-order valence-electron chi connectivity index (χ1n) is 10.3. The molecule has 0 saturated carbocycles. The summed E-state index contributed by atoms with van der Waals surface area (Å²) in [7, 11) is 0. The van der Waals surface area contributed by atoms with E-state index in [1.165, 1.54) is 0 Å². The highest BCUT2D eigenvalue weighted by molar-refractivity contribution is 6.05. The van der Waals surface area contributed by atoms with Gasteiger partial charge < -0.3 is 20.7 Å². The molecule has 0 spiro atoms. The molecule has 1 aromatic rings. The number of rotatable bonds is 6. The van der Waals surface area contributed by atoms with Gasteiger partial charge in [0.1, 0.15) is 6.04 Å². The molecule has 0 aliphatic carbocycles. The molecule has 0 bridgehead atoms. The largest absolute Gasteiger partial charge is 0.381 e. The van der Waals surface area contributed by atoms with Gasteiger partial charge in [0.15, 0.2) is 0 Å². The van der Waals surface area contributed by atoms with Gasteiger partial charge in [-0.25, -0.2) is 0 Å². The van der Waals surface area contributed by atoms with E-state index in [4.69, 9.17) is 10.5 Å². The molecular weight excluding hydrogens is 372 g/mol. The van der Waals surface area contributed by atoms with Crippen molar-refractivity contribution in [3.05, 3.63) is 34.9 Å². The Morgan fingerprint density at radius 1 is 1.24 bits per heavy atom. The second-order valence-corrected chi connectivity index (χ2v) is 8.26. The summed E-state index contributed by atoms with van der Waals surface area (Å²) < 4.78 is 5.47. The van der Waals surface area contributed by atoms with Gasteiger partial charge in [-0.1, -0.05) is 12.1 Å². The molecule has 8 nitrogen and oxygen atoms in total. The zero-order chi connectivity index (χ0) is 20.4. The van der Waals surface area contributed by atoms with Gasteiger partial charge in [0.2, 0.25) is 11.8 Å². The lowest BCUT2D eigenvalue weighted by Crippen LogP contribution is -2.52. The second-order valence-electron chi connectivity index (χ2n) is 8.26. The van der Waals surface area contributed by atoms with E-state index in [0.29, 0.717) is 31.6 Å². The molecule has 1 atom stereocenters. The van der Waals surface area contributed by atoms with E-state index in [2.05, 4.69) is 10.6 Å². The van der Waals surface area contributed by atoms with Crippen LogP contribution >= 0.6 is 0 Å². The molecule has 29 heavy (non-hydrogen) atoms. The van der Waals surface area contributed by atoms with Crippen molar-refractivity contribution in [3.8, 4) is 0 Å². The molecule has 3 heterocycles. The van der Waals surface area contributed by atoms with Crippen molar-refractivity contribution in [2.45, 2.75) is 44.8 Å². The number of piperidine rings is 1. The lowest BCUT2D eigenvalue weighted by atomic mass is 9.80. The van der Waals surface area contributed by atoms with Crippen LogP contribution in [0.1, 0.15) is 47.2 Å². The molecule has 2 fully saturated rings. The molecule has 4 rings (SSSR count). The van der Waals surface area contributed by atoms with E-state index in [0.717, 1.165) is 43.7 Å². The monoisotopic (exact) mass is 400 g/mol. The van der Waals surface area contributed by atoms with Crippen molar-refractivity contribution in [2.75, 3.05) is 26.3 Å². The number of fused-ring (bicyclic) bond motifs is 1. The van der Waals surface area contributed by atoms with Gasteiger partial charge >= 0.3 is 0 Å². The van der Waals surface area contributed by atoms with Crippen LogP contribution in [0.5, 0.6) is 0 Å². The van der Waals surface area contributed by atoms with Crippen molar-refractivity contribution in [3.63, 3.8) is 0 Å². The van der Waals surface area contributed by atoms with Crippen LogP contribution in [0.3, 0.4) is 0 Å².